The number of hydrogen-bond acceptors (Lipinski definition) is 4. The molecular weight excluding hydrogens is 350 g/mol. The third-order valence-corrected chi connectivity index (χ3v) is 7.76. The number of ether oxygens (including phenoxy) is 1. The Hall–Kier alpha value is -1.43. The van der Waals surface area contributed by atoms with E-state index < -0.39 is 0 Å². The smallest absolute Gasteiger partial charge is 0.224 e. The Kier molecular flexibility index (Phi) is 4.93. The van der Waals surface area contributed by atoms with Gasteiger partial charge in [-0.3, -0.25) is 9.69 Å². The summed E-state index contributed by atoms with van der Waals surface area (Å²) >= 11 is 0. The molecule has 5 nitrogen and oxygen atoms in total. The molecule has 1 N–H and O–H groups in total. The SMILES string of the molecule is CN1CCC(N2C[C@@H]3[C@H](CNC(=O)Cc4ccccc4)[C@H]4CC[C@]3(C2)O4)CC1. The number of fused-ring (bicyclic) bond motifs is 1. The normalized spacial score (nSPS) is 36.0. The molecule has 0 radical (unpaired) electrons. The number of rotatable bonds is 5. The minimum absolute atomic E-state index is 0.0723. The van der Waals surface area contributed by atoms with Crippen molar-refractivity contribution < 1.29 is 9.53 Å². The van der Waals surface area contributed by atoms with Gasteiger partial charge < -0.3 is 15.0 Å². The highest BCUT2D eigenvalue weighted by Crippen LogP contribution is 2.55. The van der Waals surface area contributed by atoms with Crippen LogP contribution in [0, 0.1) is 11.8 Å². The van der Waals surface area contributed by atoms with Gasteiger partial charge in [0.25, 0.3) is 0 Å². The lowest BCUT2D eigenvalue weighted by atomic mass is 9.73. The van der Waals surface area contributed by atoms with Crippen molar-refractivity contribution in [3.8, 4) is 0 Å². The van der Waals surface area contributed by atoms with Gasteiger partial charge in [0.05, 0.1) is 18.1 Å². The van der Waals surface area contributed by atoms with Gasteiger partial charge in [0.1, 0.15) is 0 Å². The molecule has 5 heteroatoms. The summed E-state index contributed by atoms with van der Waals surface area (Å²) in [6.45, 7) is 5.45. The van der Waals surface area contributed by atoms with E-state index in [9.17, 15) is 4.79 Å². The zero-order chi connectivity index (χ0) is 19.1. The average Bonchev–Trinajstić information content (AvgIpc) is 3.36. The van der Waals surface area contributed by atoms with Crippen LogP contribution >= 0.6 is 0 Å². The summed E-state index contributed by atoms with van der Waals surface area (Å²) in [5.41, 5.74) is 1.15. The number of likely N-dealkylation sites (tertiary alicyclic amines) is 2. The number of hydrogen-bond donors (Lipinski definition) is 1. The summed E-state index contributed by atoms with van der Waals surface area (Å²) in [5.74, 6) is 1.20. The van der Waals surface area contributed by atoms with Crippen LogP contribution in [0.5, 0.6) is 0 Å². The third kappa shape index (κ3) is 3.38. The van der Waals surface area contributed by atoms with E-state index in [-0.39, 0.29) is 11.5 Å². The van der Waals surface area contributed by atoms with Crippen molar-refractivity contribution in [2.45, 2.75) is 49.9 Å². The molecule has 0 aliphatic carbocycles. The van der Waals surface area contributed by atoms with Crippen LogP contribution in [0.1, 0.15) is 31.2 Å². The topological polar surface area (TPSA) is 44.8 Å². The second-order valence-electron chi connectivity index (χ2n) is 9.46. The number of nitrogens with one attached hydrogen (secondary N) is 1. The highest BCUT2D eigenvalue weighted by Gasteiger charge is 2.63. The minimum atomic E-state index is 0.0723. The minimum Gasteiger partial charge on any atom is -0.370 e. The maximum absolute atomic E-state index is 12.4. The summed E-state index contributed by atoms with van der Waals surface area (Å²) in [7, 11) is 2.23. The molecule has 4 heterocycles. The Morgan fingerprint density at radius 1 is 1.21 bits per heavy atom. The summed E-state index contributed by atoms with van der Waals surface area (Å²) in [6.07, 6.45) is 5.75. The lowest BCUT2D eigenvalue weighted by molar-refractivity contribution is -0.120. The average molecular weight is 384 g/mol. The van der Waals surface area contributed by atoms with Crippen molar-refractivity contribution in [3.05, 3.63) is 35.9 Å². The molecule has 0 unspecified atom stereocenters. The molecule has 1 aromatic carbocycles. The molecule has 5 rings (SSSR count). The van der Waals surface area contributed by atoms with Gasteiger partial charge >= 0.3 is 0 Å². The Morgan fingerprint density at radius 3 is 2.79 bits per heavy atom. The molecule has 1 aromatic rings. The summed E-state index contributed by atoms with van der Waals surface area (Å²) in [6, 6.07) is 10.7. The van der Waals surface area contributed by atoms with Crippen LogP contribution in [-0.4, -0.2) is 73.2 Å². The number of piperidine rings is 1. The van der Waals surface area contributed by atoms with E-state index in [1.54, 1.807) is 0 Å². The van der Waals surface area contributed by atoms with Crippen molar-refractivity contribution in [1.82, 2.24) is 15.1 Å². The van der Waals surface area contributed by atoms with Gasteiger partial charge in [-0.15, -0.1) is 0 Å². The van der Waals surface area contributed by atoms with Crippen molar-refractivity contribution in [2.24, 2.45) is 11.8 Å². The van der Waals surface area contributed by atoms with Crippen molar-refractivity contribution in [2.75, 3.05) is 39.8 Å². The highest BCUT2D eigenvalue weighted by atomic mass is 16.5. The van der Waals surface area contributed by atoms with Crippen LogP contribution in [0.2, 0.25) is 0 Å². The zero-order valence-corrected chi connectivity index (χ0v) is 17.0. The fraction of sp³-hybridized carbons (Fsp3) is 0.696. The van der Waals surface area contributed by atoms with E-state index in [1.807, 2.05) is 30.3 Å². The predicted molar refractivity (Wildman–Crippen MR) is 109 cm³/mol. The molecule has 1 amide bonds. The Balaban J connectivity index is 1.19. The molecule has 4 fully saturated rings. The van der Waals surface area contributed by atoms with Gasteiger partial charge in [0.15, 0.2) is 0 Å². The number of carbonyl (C=O) groups excluding carboxylic acids is 1. The maximum Gasteiger partial charge on any atom is 0.224 e. The Bertz CT molecular complexity index is 703. The van der Waals surface area contributed by atoms with E-state index in [1.165, 1.54) is 32.4 Å². The van der Waals surface area contributed by atoms with E-state index in [0.29, 0.717) is 30.4 Å². The third-order valence-electron chi connectivity index (χ3n) is 7.76. The zero-order valence-electron chi connectivity index (χ0n) is 17.0. The van der Waals surface area contributed by atoms with Gasteiger partial charge in [-0.05, 0) is 51.4 Å². The molecule has 4 saturated heterocycles. The molecule has 4 aliphatic heterocycles. The highest BCUT2D eigenvalue weighted by molar-refractivity contribution is 5.78. The summed E-state index contributed by atoms with van der Waals surface area (Å²) < 4.78 is 6.59. The second-order valence-corrected chi connectivity index (χ2v) is 9.46. The number of amides is 1. The van der Waals surface area contributed by atoms with E-state index >= 15 is 0 Å². The lowest BCUT2D eigenvalue weighted by Crippen LogP contribution is -2.44. The Labute approximate surface area is 168 Å². The Morgan fingerprint density at radius 2 is 2.00 bits per heavy atom. The fourth-order valence-electron chi connectivity index (χ4n) is 6.21. The molecule has 28 heavy (non-hydrogen) atoms. The van der Waals surface area contributed by atoms with Crippen LogP contribution in [0.4, 0.5) is 0 Å². The van der Waals surface area contributed by atoms with Crippen LogP contribution in [0.15, 0.2) is 30.3 Å². The molecule has 4 atom stereocenters. The molecule has 4 aliphatic rings. The number of carbonyl (C=O) groups is 1. The van der Waals surface area contributed by atoms with Gasteiger partial charge in [-0.1, -0.05) is 30.3 Å². The second kappa shape index (κ2) is 7.43. The molecular formula is C23H33N3O2. The van der Waals surface area contributed by atoms with Gasteiger partial charge in [-0.25, -0.2) is 0 Å². The molecule has 0 saturated carbocycles. The van der Waals surface area contributed by atoms with E-state index in [2.05, 4.69) is 22.2 Å². The van der Waals surface area contributed by atoms with Crippen LogP contribution in [0.3, 0.4) is 0 Å². The largest absolute Gasteiger partial charge is 0.370 e. The monoisotopic (exact) mass is 383 g/mol. The van der Waals surface area contributed by atoms with Gasteiger partial charge in [0, 0.05) is 37.5 Å². The molecule has 152 valence electrons. The summed E-state index contributed by atoms with van der Waals surface area (Å²) in [4.78, 5) is 17.6. The number of nitrogens with zero attached hydrogens (tertiary/aromatic N) is 2. The lowest BCUT2D eigenvalue weighted by Gasteiger charge is -2.36. The van der Waals surface area contributed by atoms with Crippen LogP contribution in [0.25, 0.3) is 0 Å². The van der Waals surface area contributed by atoms with Crippen LogP contribution < -0.4 is 5.32 Å². The maximum atomic E-state index is 12.4. The molecule has 2 bridgehead atoms. The fourth-order valence-corrected chi connectivity index (χ4v) is 6.21. The van der Waals surface area contributed by atoms with Crippen molar-refractivity contribution in [3.63, 3.8) is 0 Å². The predicted octanol–water partition coefficient (Wildman–Crippen LogP) is 1.92. The summed E-state index contributed by atoms with van der Waals surface area (Å²) in [5, 5.41) is 3.22. The standard InChI is InChI=1S/C23H33N3O2/c1-25-11-8-18(9-12-25)26-15-20-19(21-7-10-23(20,16-26)28-21)14-24-22(27)13-17-5-3-2-4-6-17/h2-6,18-21H,7-16H2,1H3,(H,24,27)/t19-,20+,21+,23+/m0/s1. The molecule has 0 aromatic heterocycles. The number of benzene rings is 1. The van der Waals surface area contributed by atoms with E-state index in [0.717, 1.165) is 31.6 Å². The molecule has 1 spiro atoms. The first-order chi connectivity index (χ1) is 13.6. The van der Waals surface area contributed by atoms with Gasteiger partial charge in [0.2, 0.25) is 5.91 Å². The first-order valence-electron chi connectivity index (χ1n) is 11.0. The van der Waals surface area contributed by atoms with Crippen LogP contribution in [-0.2, 0) is 16.0 Å². The van der Waals surface area contributed by atoms with Gasteiger partial charge in [-0.2, -0.15) is 0 Å². The quantitative estimate of drug-likeness (QED) is 0.844. The van der Waals surface area contributed by atoms with E-state index in [4.69, 9.17) is 4.74 Å². The first-order valence-corrected chi connectivity index (χ1v) is 11.0. The first kappa shape index (κ1) is 18.6. The van der Waals surface area contributed by atoms with Crippen molar-refractivity contribution >= 4 is 5.91 Å². The van der Waals surface area contributed by atoms with Crippen molar-refractivity contribution in [1.29, 1.82) is 0 Å².